The Labute approximate surface area is 289 Å². The molecule has 2 N–H and O–H groups in total. The average Bonchev–Trinajstić information content (AvgIpc) is 2.84. The van der Waals surface area contributed by atoms with Crippen molar-refractivity contribution in [2.45, 2.75) is 130 Å². The summed E-state index contributed by atoms with van der Waals surface area (Å²) in [4.78, 5) is 25.1. The van der Waals surface area contributed by atoms with Gasteiger partial charge in [-0.15, -0.1) is 0 Å². The third-order valence-corrected chi connectivity index (χ3v) is 11.4. The second-order valence-corrected chi connectivity index (χ2v) is 20.0. The molecular weight excluding hydrogens is 680 g/mol. The zero-order valence-electron chi connectivity index (χ0n) is 30.6. The maximum absolute atomic E-state index is 15.8. The highest BCUT2D eigenvalue weighted by Crippen LogP contribution is 2.70. The van der Waals surface area contributed by atoms with Gasteiger partial charge < -0.3 is 19.3 Å². The summed E-state index contributed by atoms with van der Waals surface area (Å²) in [6, 6.07) is 10.6. The molecule has 0 aliphatic carbocycles. The van der Waals surface area contributed by atoms with Crippen molar-refractivity contribution >= 4 is 27.1 Å². The fourth-order valence-corrected chi connectivity index (χ4v) is 9.56. The lowest BCUT2D eigenvalue weighted by Gasteiger charge is -2.36. The van der Waals surface area contributed by atoms with Gasteiger partial charge >= 0.3 is 32.8 Å². The molecule has 2 aromatic carbocycles. The first-order chi connectivity index (χ1) is 21.8. The van der Waals surface area contributed by atoms with Crippen LogP contribution in [0.3, 0.4) is 0 Å². The van der Waals surface area contributed by atoms with Crippen molar-refractivity contribution in [1.29, 1.82) is 0 Å². The number of carboxylic acids is 2. The average molecular weight is 733 g/mol. The predicted octanol–water partition coefficient (Wildman–Crippen LogP) is 9.82. The molecule has 2 rings (SSSR count). The topological polar surface area (TPSA) is 146 Å². The molecule has 0 saturated carbocycles. The van der Waals surface area contributed by atoms with E-state index >= 15 is 8.78 Å². The SMILES string of the molecule is CC(C)(C)OP(=O)(Cc1ccc(CC(Cc2ccc(C(F)(F)P(=O)(OC(C)(C)C)OC(C)(C)C)cc2)(C(=O)O)C(=O)O)cc1)OC(C)(C)C. The number of hydrogen-bond donors (Lipinski definition) is 2. The number of benzene rings is 2. The Hall–Kier alpha value is -2.46. The summed E-state index contributed by atoms with van der Waals surface area (Å²) >= 11 is 0. The van der Waals surface area contributed by atoms with Crippen LogP contribution < -0.4 is 0 Å². The van der Waals surface area contributed by atoms with E-state index in [2.05, 4.69) is 0 Å². The van der Waals surface area contributed by atoms with Crippen LogP contribution in [-0.4, -0.2) is 44.6 Å². The Balaban J connectivity index is 2.43. The van der Waals surface area contributed by atoms with Gasteiger partial charge in [0.25, 0.3) is 0 Å². The monoisotopic (exact) mass is 732 g/mol. The first-order valence-corrected chi connectivity index (χ1v) is 19.1. The smallest absolute Gasteiger partial charge is 0.405 e. The van der Waals surface area contributed by atoms with Crippen molar-refractivity contribution in [2.24, 2.45) is 5.41 Å². The van der Waals surface area contributed by atoms with Gasteiger partial charge in [0.2, 0.25) is 0 Å². The van der Waals surface area contributed by atoms with Crippen LogP contribution in [0, 0.1) is 5.41 Å². The fourth-order valence-electron chi connectivity index (χ4n) is 4.89. The van der Waals surface area contributed by atoms with Crippen LogP contribution in [0.5, 0.6) is 0 Å². The Morgan fingerprint density at radius 3 is 1.18 bits per heavy atom. The van der Waals surface area contributed by atoms with E-state index in [4.69, 9.17) is 18.1 Å². The summed E-state index contributed by atoms with van der Waals surface area (Å²) in [6.45, 7) is 19.4. The van der Waals surface area contributed by atoms with Crippen molar-refractivity contribution in [1.82, 2.24) is 0 Å². The predicted molar refractivity (Wildman–Crippen MR) is 184 cm³/mol. The molecule has 2 aromatic rings. The third kappa shape index (κ3) is 12.4. The number of hydrogen-bond acceptors (Lipinski definition) is 8. The normalized spacial score (nSPS) is 14.2. The number of carbonyl (C=O) groups is 2. The highest BCUT2D eigenvalue weighted by molar-refractivity contribution is 7.54. The van der Waals surface area contributed by atoms with Crippen LogP contribution >= 0.6 is 15.2 Å². The Kier molecular flexibility index (Phi) is 12.8. The number of aliphatic carboxylic acids is 2. The first kappa shape index (κ1) is 42.7. The molecule has 0 radical (unpaired) electrons. The summed E-state index contributed by atoms with van der Waals surface area (Å²) in [5, 5.41) is 20.4. The lowest BCUT2D eigenvalue weighted by atomic mass is 9.76. The molecule has 0 bridgehead atoms. The largest absolute Gasteiger partial charge is 0.480 e. The van der Waals surface area contributed by atoms with Gasteiger partial charge in [0.05, 0.1) is 28.6 Å². The Morgan fingerprint density at radius 2 is 0.878 bits per heavy atom. The molecular formula is C35H52F2O10P2. The zero-order chi connectivity index (χ0) is 38.1. The standard InChI is InChI=1S/C35H52F2O10P2/c1-30(2,3)44-48(42,45-31(4,5)6)23-26-15-13-24(14-16-26)21-34(28(38)39,29(40)41)22-25-17-19-27(20-18-25)35(36,37)49(43,46-32(7,8)9)47-33(10,11)12/h13-20H,21-23H2,1-12H3,(H,38,39)(H,40,41). The number of alkyl halides is 2. The van der Waals surface area contributed by atoms with Crippen LogP contribution in [0.4, 0.5) is 8.78 Å². The molecule has 0 aliphatic rings. The highest BCUT2D eigenvalue weighted by atomic mass is 31.2. The minimum Gasteiger partial charge on any atom is -0.480 e. The minimum absolute atomic E-state index is 0.0731. The molecule has 0 fully saturated rings. The van der Waals surface area contributed by atoms with E-state index < -0.39 is 79.0 Å². The maximum Gasteiger partial charge on any atom is 0.405 e. The van der Waals surface area contributed by atoms with Gasteiger partial charge in [0.15, 0.2) is 5.41 Å². The number of carboxylic acid groups (broad SMARTS) is 2. The van der Waals surface area contributed by atoms with Crippen LogP contribution in [0.2, 0.25) is 0 Å². The lowest BCUT2D eigenvalue weighted by molar-refractivity contribution is -0.164. The fraction of sp³-hybridized carbons (Fsp3) is 0.600. The van der Waals surface area contributed by atoms with Gasteiger partial charge in [0, 0.05) is 5.56 Å². The van der Waals surface area contributed by atoms with Crippen LogP contribution in [0.1, 0.15) is 105 Å². The molecule has 10 nitrogen and oxygen atoms in total. The summed E-state index contributed by atoms with van der Waals surface area (Å²) < 4.78 is 81.3. The summed E-state index contributed by atoms with van der Waals surface area (Å²) in [7, 11) is -8.75. The molecule has 0 spiro atoms. The van der Waals surface area contributed by atoms with Gasteiger partial charge in [-0.05, 0) is 113 Å². The molecule has 0 aromatic heterocycles. The first-order valence-electron chi connectivity index (χ1n) is 15.8. The second kappa shape index (κ2) is 14.6. The summed E-state index contributed by atoms with van der Waals surface area (Å²) in [6.07, 6.45) is -1.07. The van der Waals surface area contributed by atoms with E-state index in [-0.39, 0.29) is 11.7 Å². The van der Waals surface area contributed by atoms with E-state index in [1.807, 2.05) is 0 Å². The number of halogens is 2. The maximum atomic E-state index is 15.8. The van der Waals surface area contributed by atoms with Crippen molar-refractivity contribution in [2.75, 3.05) is 0 Å². The third-order valence-electron chi connectivity index (χ3n) is 6.49. The van der Waals surface area contributed by atoms with Gasteiger partial charge in [0.1, 0.15) is 0 Å². The van der Waals surface area contributed by atoms with E-state index in [9.17, 15) is 28.9 Å². The van der Waals surface area contributed by atoms with Gasteiger partial charge in [-0.3, -0.25) is 27.8 Å². The Bertz CT molecular complexity index is 1510. The molecule has 49 heavy (non-hydrogen) atoms. The van der Waals surface area contributed by atoms with Crippen molar-refractivity contribution < 1.29 is 55.8 Å². The molecule has 0 atom stereocenters. The van der Waals surface area contributed by atoms with Crippen LogP contribution in [0.15, 0.2) is 48.5 Å². The van der Waals surface area contributed by atoms with E-state index in [1.54, 1.807) is 65.8 Å². The van der Waals surface area contributed by atoms with E-state index in [0.717, 1.165) is 12.1 Å². The van der Waals surface area contributed by atoms with E-state index in [0.29, 0.717) is 11.1 Å². The summed E-state index contributed by atoms with van der Waals surface area (Å²) in [5.74, 6) is -3.25. The molecule has 0 heterocycles. The highest BCUT2D eigenvalue weighted by Gasteiger charge is 2.58. The van der Waals surface area contributed by atoms with Gasteiger partial charge in [-0.2, -0.15) is 8.78 Å². The second-order valence-electron chi connectivity index (χ2n) is 16.2. The van der Waals surface area contributed by atoms with Crippen LogP contribution in [0.25, 0.3) is 0 Å². The Morgan fingerprint density at radius 1 is 0.571 bits per heavy atom. The molecule has 0 aliphatic heterocycles. The van der Waals surface area contributed by atoms with Crippen molar-refractivity contribution in [3.63, 3.8) is 0 Å². The molecule has 14 heteroatoms. The molecule has 0 saturated heterocycles. The molecule has 276 valence electrons. The zero-order valence-corrected chi connectivity index (χ0v) is 32.3. The lowest BCUT2D eigenvalue weighted by Crippen LogP contribution is -2.43. The van der Waals surface area contributed by atoms with Gasteiger partial charge in [-0.1, -0.05) is 48.5 Å². The quantitative estimate of drug-likeness (QED) is 0.142. The van der Waals surface area contributed by atoms with Crippen molar-refractivity contribution in [3.05, 3.63) is 70.8 Å². The molecule has 0 unspecified atom stereocenters. The number of rotatable bonds is 14. The van der Waals surface area contributed by atoms with Crippen LogP contribution in [-0.2, 0) is 61.5 Å². The minimum atomic E-state index is -5.11. The summed E-state index contributed by atoms with van der Waals surface area (Å²) in [5.41, 5.74) is -10.1. The van der Waals surface area contributed by atoms with Crippen molar-refractivity contribution in [3.8, 4) is 0 Å². The van der Waals surface area contributed by atoms with Gasteiger partial charge in [-0.25, -0.2) is 0 Å². The van der Waals surface area contributed by atoms with E-state index in [1.165, 1.54) is 53.7 Å². The molecule has 0 amide bonds.